The summed E-state index contributed by atoms with van der Waals surface area (Å²) < 4.78 is 7.64. The maximum absolute atomic E-state index is 2.87. The minimum Gasteiger partial charge on any atom is -0.309 e. The number of hydrogen-bond donors (Lipinski definition) is 0. The maximum atomic E-state index is 2.62. The second kappa shape index (κ2) is 15.0. The first kappa shape index (κ1) is 39.1. The third-order valence-corrected chi connectivity index (χ3v) is 20.1. The molecule has 4 heteroatoms. The van der Waals surface area contributed by atoms with E-state index < -0.39 is 8.07 Å². The summed E-state index contributed by atoms with van der Waals surface area (Å²) in [7, 11) is -2.87. The number of nitrogens with zero attached hydrogens (tertiary/aromatic N) is 3. The summed E-state index contributed by atoms with van der Waals surface area (Å²) in [6.45, 7) is 0. The Labute approximate surface area is 404 Å². The van der Waals surface area contributed by atoms with Crippen LogP contribution < -0.4 is 20.7 Å². The molecule has 0 spiro atoms. The summed E-state index contributed by atoms with van der Waals surface area (Å²) >= 11 is 0. The smallest absolute Gasteiger partial charge is 0.179 e. The van der Waals surface area contributed by atoms with Crippen molar-refractivity contribution in [3.05, 3.63) is 261 Å². The second-order valence-corrected chi connectivity index (χ2v) is 22.5. The molecule has 0 amide bonds. The summed E-state index contributed by atoms with van der Waals surface area (Å²) in [6.07, 6.45) is 0. The number of benzene rings is 11. The fraction of sp³-hybridized carbons (Fsp3) is 0. The Morgan fingerprint density at radius 2 is 0.614 bits per heavy atom. The molecular weight excluding hydrogens is 863 g/mol. The predicted octanol–water partition coefficient (Wildman–Crippen LogP) is 14.1. The van der Waals surface area contributed by atoms with Crippen LogP contribution in [0.15, 0.2) is 261 Å². The lowest BCUT2D eigenvalue weighted by Gasteiger charge is -2.34. The van der Waals surface area contributed by atoms with Gasteiger partial charge in [0.15, 0.2) is 8.07 Å². The fourth-order valence-corrected chi connectivity index (χ4v) is 17.3. The first-order valence-corrected chi connectivity index (χ1v) is 26.3. The Hall–Kier alpha value is -8.96. The van der Waals surface area contributed by atoms with Crippen molar-refractivity contribution in [1.82, 2.24) is 13.4 Å². The molecule has 11 aromatic carbocycles. The monoisotopic (exact) mass is 905 g/mol. The highest BCUT2D eigenvalue weighted by Crippen LogP contribution is 2.44. The first-order chi connectivity index (χ1) is 34.8. The van der Waals surface area contributed by atoms with Gasteiger partial charge in [-0.15, -0.1) is 0 Å². The van der Waals surface area contributed by atoms with Gasteiger partial charge in [0.25, 0.3) is 0 Å². The molecule has 0 aliphatic rings. The third-order valence-electron chi connectivity index (χ3n) is 15.3. The number of aromatic nitrogens is 3. The van der Waals surface area contributed by atoms with Crippen molar-refractivity contribution >= 4 is 127 Å². The summed E-state index contributed by atoms with van der Waals surface area (Å²) in [6, 6.07) is 98.0. The van der Waals surface area contributed by atoms with E-state index >= 15 is 0 Å². The molecule has 326 valence electrons. The number of rotatable bonds is 5. The minimum absolute atomic E-state index is 1.14. The highest BCUT2D eigenvalue weighted by atomic mass is 28.3. The van der Waals surface area contributed by atoms with E-state index in [2.05, 4.69) is 274 Å². The van der Waals surface area contributed by atoms with Gasteiger partial charge in [-0.3, -0.25) is 0 Å². The molecule has 0 saturated heterocycles. The van der Waals surface area contributed by atoms with Gasteiger partial charge in [-0.25, -0.2) is 0 Å². The molecule has 0 bridgehead atoms. The summed E-state index contributed by atoms with van der Waals surface area (Å²) in [5.74, 6) is 0. The van der Waals surface area contributed by atoms with Gasteiger partial charge < -0.3 is 13.4 Å². The van der Waals surface area contributed by atoms with Gasteiger partial charge in [0.1, 0.15) is 0 Å². The van der Waals surface area contributed by atoms with E-state index in [1.807, 2.05) is 0 Å². The lowest BCUT2D eigenvalue weighted by molar-refractivity contribution is 1.18. The van der Waals surface area contributed by atoms with Crippen LogP contribution in [-0.4, -0.2) is 21.4 Å². The molecule has 0 saturated carbocycles. The molecule has 4 aromatic heterocycles. The predicted molar refractivity (Wildman–Crippen MR) is 300 cm³/mol. The van der Waals surface area contributed by atoms with Crippen LogP contribution in [0.25, 0.3) is 104 Å². The molecule has 4 heterocycles. The molecular formula is C66H43N3Si. The zero-order chi connectivity index (χ0) is 45.9. The standard InChI is InChI=1S/C66H43N3Si/c1-5-21-44(22-6-1)67-59-38-18-15-31-54(59)63-61(67)41-42-62-64(63)55-35-20-33-52-50-30-14-17-37-58(50)68(66(52)55)57-36-16-13-29-49(57)51-32-19-34-53-56-43-48(39-40-60(56)69(62)65(51)53)70(45-23-7-2-8-24-45,46-25-9-3-10-26-46)47-27-11-4-12-28-47/h1-43H. The van der Waals surface area contributed by atoms with E-state index in [4.69, 9.17) is 0 Å². The van der Waals surface area contributed by atoms with Crippen LogP contribution >= 0.6 is 0 Å². The van der Waals surface area contributed by atoms with Crippen LogP contribution in [0.5, 0.6) is 0 Å². The van der Waals surface area contributed by atoms with Crippen LogP contribution in [0, 0.1) is 0 Å². The van der Waals surface area contributed by atoms with Gasteiger partial charge in [0.2, 0.25) is 0 Å². The van der Waals surface area contributed by atoms with Crippen LogP contribution in [0.3, 0.4) is 0 Å². The molecule has 15 aromatic rings. The Morgan fingerprint density at radius 3 is 1.20 bits per heavy atom. The van der Waals surface area contributed by atoms with Crippen molar-refractivity contribution in [2.24, 2.45) is 0 Å². The Morgan fingerprint density at radius 1 is 0.229 bits per heavy atom. The quantitative estimate of drug-likeness (QED) is 0.121. The molecule has 3 nitrogen and oxygen atoms in total. The van der Waals surface area contributed by atoms with Gasteiger partial charge in [-0.1, -0.05) is 212 Å². The molecule has 0 N–H and O–H groups in total. The zero-order valence-corrected chi connectivity index (χ0v) is 39.2. The summed E-state index contributed by atoms with van der Waals surface area (Å²) in [5, 5.41) is 17.7. The number of para-hydroxylation sites is 6. The largest absolute Gasteiger partial charge is 0.309 e. The van der Waals surface area contributed by atoms with E-state index in [9.17, 15) is 0 Å². The van der Waals surface area contributed by atoms with Gasteiger partial charge in [0, 0.05) is 59.5 Å². The molecule has 0 radical (unpaired) electrons. The van der Waals surface area contributed by atoms with E-state index in [0.29, 0.717) is 0 Å². The van der Waals surface area contributed by atoms with Crippen molar-refractivity contribution in [1.29, 1.82) is 0 Å². The molecule has 0 aliphatic carbocycles. The molecule has 0 fully saturated rings. The summed E-state index contributed by atoms with van der Waals surface area (Å²) in [4.78, 5) is 0. The van der Waals surface area contributed by atoms with Crippen molar-refractivity contribution < 1.29 is 0 Å². The number of fused-ring (bicyclic) bond motifs is 16. The van der Waals surface area contributed by atoms with E-state index in [-0.39, 0.29) is 0 Å². The van der Waals surface area contributed by atoms with E-state index in [1.165, 1.54) is 108 Å². The van der Waals surface area contributed by atoms with Gasteiger partial charge in [-0.2, -0.15) is 0 Å². The van der Waals surface area contributed by atoms with Gasteiger partial charge in [-0.05, 0) is 69.3 Å². The van der Waals surface area contributed by atoms with Crippen molar-refractivity contribution in [3.63, 3.8) is 0 Å². The Bertz CT molecular complexity index is 4530. The topological polar surface area (TPSA) is 13.8 Å². The SMILES string of the molecule is c1ccc(-n2c3ccccc3c3c4c5cccc6c7ccccc7n(c7ccccc7c7cccc8c9cc([Si](c%10ccccc%10)(c%10ccccc%10)c%10ccccc%10)ccc9n(c4ccc32)c78)c65)cc1. The van der Waals surface area contributed by atoms with E-state index in [0.717, 1.165) is 16.7 Å². The fourth-order valence-electron chi connectivity index (χ4n) is 12.6. The average molecular weight is 906 g/mol. The van der Waals surface area contributed by atoms with E-state index in [1.54, 1.807) is 0 Å². The zero-order valence-electron chi connectivity index (χ0n) is 38.2. The highest BCUT2D eigenvalue weighted by Gasteiger charge is 2.41. The Kier molecular flexibility index (Phi) is 8.38. The third kappa shape index (κ3) is 5.28. The normalized spacial score (nSPS) is 12.3. The molecule has 70 heavy (non-hydrogen) atoms. The average Bonchev–Trinajstić information content (AvgIpc) is 4.08. The minimum atomic E-state index is -2.87. The van der Waals surface area contributed by atoms with Crippen LogP contribution in [0.1, 0.15) is 0 Å². The van der Waals surface area contributed by atoms with Crippen LogP contribution in [-0.2, 0) is 0 Å². The van der Waals surface area contributed by atoms with Crippen LogP contribution in [0.2, 0.25) is 0 Å². The van der Waals surface area contributed by atoms with Crippen molar-refractivity contribution in [2.75, 3.05) is 0 Å². The first-order valence-electron chi connectivity index (χ1n) is 24.3. The highest BCUT2D eigenvalue weighted by molar-refractivity contribution is 7.20. The molecule has 15 rings (SSSR count). The lowest BCUT2D eigenvalue weighted by atomic mass is 10.0. The molecule has 0 atom stereocenters. The van der Waals surface area contributed by atoms with Crippen LogP contribution in [0.4, 0.5) is 0 Å². The van der Waals surface area contributed by atoms with Gasteiger partial charge in [0.05, 0.1) is 44.1 Å². The van der Waals surface area contributed by atoms with Gasteiger partial charge >= 0.3 is 0 Å². The second-order valence-electron chi connectivity index (χ2n) is 18.7. The molecule has 0 unspecified atom stereocenters. The maximum Gasteiger partial charge on any atom is 0.179 e. The van der Waals surface area contributed by atoms with Crippen molar-refractivity contribution in [3.8, 4) is 5.69 Å². The Balaban J connectivity index is 1.23. The van der Waals surface area contributed by atoms with Crippen molar-refractivity contribution in [2.45, 2.75) is 0 Å². The molecule has 0 aliphatic heterocycles. The lowest BCUT2D eigenvalue weighted by Crippen LogP contribution is -2.74. The number of hydrogen-bond acceptors (Lipinski definition) is 0. The summed E-state index contributed by atoms with van der Waals surface area (Å²) in [5.41, 5.74) is 10.6.